The van der Waals surface area contributed by atoms with Crippen LogP contribution in [0.2, 0.25) is 0 Å². The molecule has 0 saturated carbocycles. The largest absolute Gasteiger partial charge is 0.388 e. The summed E-state index contributed by atoms with van der Waals surface area (Å²) < 4.78 is 0. The van der Waals surface area contributed by atoms with Crippen LogP contribution in [0.25, 0.3) is 0 Å². The van der Waals surface area contributed by atoms with Gasteiger partial charge in [0.1, 0.15) is 5.69 Å². The highest BCUT2D eigenvalue weighted by Gasteiger charge is 2.18. The van der Waals surface area contributed by atoms with Crippen LogP contribution in [-0.4, -0.2) is 35.2 Å². The van der Waals surface area contributed by atoms with Gasteiger partial charge in [-0.2, -0.15) is 0 Å². The Morgan fingerprint density at radius 2 is 2.28 bits per heavy atom. The first-order valence-electron chi connectivity index (χ1n) is 6.13. The van der Waals surface area contributed by atoms with E-state index in [2.05, 4.69) is 15.6 Å². The quantitative estimate of drug-likeness (QED) is 0.714. The maximum atomic E-state index is 11.4. The Morgan fingerprint density at radius 3 is 2.89 bits per heavy atom. The number of anilines is 1. The standard InChI is InChI=1S/C13H21N3O2/c1-4-6-13(2,18)9-16-10-5-7-15-11(8-10)12(17)14-3/h5,7-8,18H,4,6,9H2,1-3H3,(H,14,17)(H,15,16). The van der Waals surface area contributed by atoms with E-state index in [1.165, 1.54) is 0 Å². The van der Waals surface area contributed by atoms with Gasteiger partial charge in [0.15, 0.2) is 0 Å². The van der Waals surface area contributed by atoms with Crippen molar-refractivity contribution >= 4 is 11.6 Å². The maximum Gasteiger partial charge on any atom is 0.269 e. The van der Waals surface area contributed by atoms with E-state index >= 15 is 0 Å². The number of aromatic nitrogens is 1. The minimum atomic E-state index is -0.745. The summed E-state index contributed by atoms with van der Waals surface area (Å²) >= 11 is 0. The zero-order chi connectivity index (χ0) is 13.6. The number of aliphatic hydroxyl groups is 1. The molecule has 1 aromatic heterocycles. The van der Waals surface area contributed by atoms with Crippen molar-refractivity contribution in [3.05, 3.63) is 24.0 Å². The average Bonchev–Trinajstić information content (AvgIpc) is 2.36. The van der Waals surface area contributed by atoms with Crippen LogP contribution < -0.4 is 10.6 Å². The highest BCUT2D eigenvalue weighted by molar-refractivity contribution is 5.92. The number of amides is 1. The van der Waals surface area contributed by atoms with Crippen molar-refractivity contribution in [2.45, 2.75) is 32.3 Å². The van der Waals surface area contributed by atoms with Gasteiger partial charge >= 0.3 is 0 Å². The lowest BCUT2D eigenvalue weighted by molar-refractivity contribution is 0.0637. The molecule has 1 aromatic rings. The fraction of sp³-hybridized carbons (Fsp3) is 0.538. The van der Waals surface area contributed by atoms with Crippen molar-refractivity contribution in [3.8, 4) is 0 Å². The summed E-state index contributed by atoms with van der Waals surface area (Å²) in [6, 6.07) is 3.44. The normalized spacial score (nSPS) is 13.8. The summed E-state index contributed by atoms with van der Waals surface area (Å²) in [4.78, 5) is 15.4. The van der Waals surface area contributed by atoms with E-state index in [4.69, 9.17) is 0 Å². The number of hydrogen-bond acceptors (Lipinski definition) is 4. The lowest BCUT2D eigenvalue weighted by atomic mass is 10.0. The lowest BCUT2D eigenvalue weighted by Gasteiger charge is -2.23. The molecule has 100 valence electrons. The number of rotatable bonds is 6. The minimum Gasteiger partial charge on any atom is -0.388 e. The van der Waals surface area contributed by atoms with Crippen molar-refractivity contribution in [1.29, 1.82) is 0 Å². The van der Waals surface area contributed by atoms with Gasteiger partial charge in [-0.1, -0.05) is 13.3 Å². The Hall–Kier alpha value is -1.62. The van der Waals surface area contributed by atoms with Gasteiger partial charge in [0, 0.05) is 25.5 Å². The molecule has 18 heavy (non-hydrogen) atoms. The number of hydrogen-bond donors (Lipinski definition) is 3. The summed E-state index contributed by atoms with van der Waals surface area (Å²) in [6.45, 7) is 4.27. The third kappa shape index (κ3) is 4.33. The molecule has 0 radical (unpaired) electrons. The minimum absolute atomic E-state index is 0.223. The molecule has 0 aliphatic rings. The van der Waals surface area contributed by atoms with E-state index in [-0.39, 0.29) is 5.91 Å². The van der Waals surface area contributed by atoms with Crippen LogP contribution >= 0.6 is 0 Å². The third-order valence-electron chi connectivity index (χ3n) is 2.68. The topological polar surface area (TPSA) is 74.2 Å². The van der Waals surface area contributed by atoms with Gasteiger partial charge in [-0.15, -0.1) is 0 Å². The summed E-state index contributed by atoms with van der Waals surface area (Å²) in [5, 5.41) is 15.7. The monoisotopic (exact) mass is 251 g/mol. The van der Waals surface area contributed by atoms with Gasteiger partial charge in [-0.05, 0) is 25.5 Å². The van der Waals surface area contributed by atoms with E-state index in [9.17, 15) is 9.90 Å². The average molecular weight is 251 g/mol. The highest BCUT2D eigenvalue weighted by Crippen LogP contribution is 2.14. The third-order valence-corrected chi connectivity index (χ3v) is 2.68. The second-order valence-electron chi connectivity index (χ2n) is 4.61. The van der Waals surface area contributed by atoms with Crippen molar-refractivity contribution < 1.29 is 9.90 Å². The molecule has 1 rings (SSSR count). The molecule has 0 aromatic carbocycles. The fourth-order valence-electron chi connectivity index (χ4n) is 1.71. The van der Waals surface area contributed by atoms with Gasteiger partial charge < -0.3 is 15.7 Å². The Kier molecular flexibility index (Phi) is 5.09. The van der Waals surface area contributed by atoms with Crippen LogP contribution in [-0.2, 0) is 0 Å². The van der Waals surface area contributed by atoms with Crippen LogP contribution in [0.3, 0.4) is 0 Å². The van der Waals surface area contributed by atoms with Gasteiger partial charge in [0.25, 0.3) is 5.91 Å². The summed E-state index contributed by atoms with van der Waals surface area (Å²) in [5.74, 6) is -0.223. The van der Waals surface area contributed by atoms with E-state index in [0.717, 1.165) is 18.5 Å². The number of pyridine rings is 1. The lowest BCUT2D eigenvalue weighted by Crippen LogP contribution is -2.33. The summed E-state index contributed by atoms with van der Waals surface area (Å²) in [6.07, 6.45) is 3.23. The first-order chi connectivity index (χ1) is 8.48. The van der Waals surface area contributed by atoms with Crippen LogP contribution in [0, 0.1) is 0 Å². The molecule has 1 amide bonds. The Bertz CT molecular complexity index is 405. The molecule has 0 aliphatic carbocycles. The molecule has 0 spiro atoms. The second-order valence-corrected chi connectivity index (χ2v) is 4.61. The van der Waals surface area contributed by atoms with Crippen LogP contribution in [0.5, 0.6) is 0 Å². The molecule has 5 heteroatoms. The Balaban J connectivity index is 2.65. The SMILES string of the molecule is CCCC(C)(O)CNc1ccnc(C(=O)NC)c1. The zero-order valence-corrected chi connectivity index (χ0v) is 11.2. The molecule has 0 aliphatic heterocycles. The molecule has 5 nitrogen and oxygen atoms in total. The van der Waals surface area contributed by atoms with E-state index in [1.54, 1.807) is 32.3 Å². The van der Waals surface area contributed by atoms with Crippen molar-refractivity contribution in [2.75, 3.05) is 18.9 Å². The molecular formula is C13H21N3O2. The second kappa shape index (κ2) is 6.35. The van der Waals surface area contributed by atoms with Crippen molar-refractivity contribution in [2.24, 2.45) is 0 Å². The maximum absolute atomic E-state index is 11.4. The van der Waals surface area contributed by atoms with Crippen LogP contribution in [0.15, 0.2) is 18.3 Å². The van der Waals surface area contributed by atoms with Gasteiger partial charge in [-0.3, -0.25) is 9.78 Å². The van der Waals surface area contributed by atoms with Gasteiger partial charge in [-0.25, -0.2) is 0 Å². The van der Waals surface area contributed by atoms with Crippen molar-refractivity contribution in [3.63, 3.8) is 0 Å². The first-order valence-corrected chi connectivity index (χ1v) is 6.13. The molecule has 0 fully saturated rings. The molecule has 1 atom stereocenters. The van der Waals surface area contributed by atoms with E-state index < -0.39 is 5.60 Å². The Labute approximate surface area is 108 Å². The predicted octanol–water partition coefficient (Wildman–Crippen LogP) is 1.40. The Morgan fingerprint density at radius 1 is 1.56 bits per heavy atom. The van der Waals surface area contributed by atoms with Gasteiger partial charge in [0.2, 0.25) is 0 Å². The predicted molar refractivity (Wildman–Crippen MR) is 71.6 cm³/mol. The van der Waals surface area contributed by atoms with Crippen LogP contribution in [0.4, 0.5) is 5.69 Å². The first kappa shape index (κ1) is 14.4. The van der Waals surface area contributed by atoms with Gasteiger partial charge in [0.05, 0.1) is 5.60 Å². The zero-order valence-electron chi connectivity index (χ0n) is 11.2. The summed E-state index contributed by atoms with van der Waals surface area (Å²) in [7, 11) is 1.57. The van der Waals surface area contributed by atoms with Crippen molar-refractivity contribution in [1.82, 2.24) is 10.3 Å². The number of nitrogens with one attached hydrogen (secondary N) is 2. The number of nitrogens with zero attached hydrogens (tertiary/aromatic N) is 1. The molecule has 0 bridgehead atoms. The molecule has 3 N–H and O–H groups in total. The summed E-state index contributed by atoms with van der Waals surface area (Å²) in [5.41, 5.74) is 0.392. The number of carbonyl (C=O) groups excluding carboxylic acids is 1. The molecule has 1 heterocycles. The molecular weight excluding hydrogens is 230 g/mol. The van der Waals surface area contributed by atoms with E-state index in [0.29, 0.717) is 12.2 Å². The number of carbonyl (C=O) groups is 1. The highest BCUT2D eigenvalue weighted by atomic mass is 16.3. The van der Waals surface area contributed by atoms with E-state index in [1.807, 2.05) is 6.92 Å². The van der Waals surface area contributed by atoms with Crippen LogP contribution in [0.1, 0.15) is 37.2 Å². The fourth-order valence-corrected chi connectivity index (χ4v) is 1.71. The molecule has 1 unspecified atom stereocenters. The molecule has 0 saturated heterocycles. The smallest absolute Gasteiger partial charge is 0.269 e.